The Balaban J connectivity index is 2.81. The summed E-state index contributed by atoms with van der Waals surface area (Å²) in [6, 6.07) is 1.23. The predicted octanol–water partition coefficient (Wildman–Crippen LogP) is 1.45. The van der Waals surface area contributed by atoms with Crippen molar-refractivity contribution in [1.29, 1.82) is 0 Å². The SMILES string of the molecule is CS(=O)(=O)CC(N)c1ccsc1Cl. The van der Waals surface area contributed by atoms with Crippen molar-refractivity contribution in [1.82, 2.24) is 0 Å². The van der Waals surface area contributed by atoms with Crippen molar-refractivity contribution in [2.75, 3.05) is 12.0 Å². The largest absolute Gasteiger partial charge is 0.323 e. The monoisotopic (exact) mass is 239 g/mol. The van der Waals surface area contributed by atoms with Gasteiger partial charge in [0.1, 0.15) is 9.84 Å². The Labute approximate surface area is 86.4 Å². The predicted molar refractivity (Wildman–Crippen MR) is 56.0 cm³/mol. The van der Waals surface area contributed by atoms with Gasteiger partial charge in [-0.3, -0.25) is 0 Å². The summed E-state index contributed by atoms with van der Waals surface area (Å²) < 4.78 is 22.4. The smallest absolute Gasteiger partial charge is 0.149 e. The minimum absolute atomic E-state index is 0.0660. The van der Waals surface area contributed by atoms with Crippen molar-refractivity contribution >= 4 is 32.8 Å². The van der Waals surface area contributed by atoms with Crippen LogP contribution >= 0.6 is 22.9 Å². The van der Waals surface area contributed by atoms with Gasteiger partial charge in [0, 0.05) is 12.3 Å². The molecule has 13 heavy (non-hydrogen) atoms. The molecular weight excluding hydrogens is 230 g/mol. The first-order chi connectivity index (χ1) is 5.90. The number of rotatable bonds is 3. The van der Waals surface area contributed by atoms with Crippen LogP contribution in [0, 0.1) is 0 Å². The van der Waals surface area contributed by atoms with Crippen LogP contribution in [0.25, 0.3) is 0 Å². The Bertz CT molecular complexity index is 385. The van der Waals surface area contributed by atoms with Crippen LogP contribution in [-0.4, -0.2) is 20.4 Å². The minimum atomic E-state index is -3.05. The second kappa shape index (κ2) is 3.96. The Morgan fingerprint density at radius 2 is 2.31 bits per heavy atom. The highest BCUT2D eigenvalue weighted by Crippen LogP contribution is 2.27. The molecule has 0 spiro atoms. The third-order valence-electron chi connectivity index (χ3n) is 1.53. The molecule has 2 N–H and O–H groups in total. The molecule has 1 aromatic heterocycles. The molecule has 6 heteroatoms. The fourth-order valence-corrected chi connectivity index (χ4v) is 2.86. The summed E-state index contributed by atoms with van der Waals surface area (Å²) in [6.07, 6.45) is 1.16. The molecule has 1 aromatic rings. The lowest BCUT2D eigenvalue weighted by molar-refractivity contribution is 0.595. The average molecular weight is 240 g/mol. The molecule has 1 heterocycles. The second-order valence-electron chi connectivity index (χ2n) is 2.85. The van der Waals surface area contributed by atoms with Gasteiger partial charge in [-0.15, -0.1) is 11.3 Å². The number of sulfone groups is 1. The molecule has 0 amide bonds. The average Bonchev–Trinajstić information content (AvgIpc) is 2.30. The van der Waals surface area contributed by atoms with Crippen LogP contribution < -0.4 is 5.73 Å². The Hall–Kier alpha value is -0.100. The third-order valence-corrected chi connectivity index (χ3v) is 3.69. The van der Waals surface area contributed by atoms with E-state index in [0.29, 0.717) is 9.90 Å². The van der Waals surface area contributed by atoms with Gasteiger partial charge < -0.3 is 5.73 Å². The van der Waals surface area contributed by atoms with Crippen molar-refractivity contribution in [3.63, 3.8) is 0 Å². The highest BCUT2D eigenvalue weighted by molar-refractivity contribution is 7.90. The first-order valence-corrected chi connectivity index (χ1v) is 6.88. The van der Waals surface area contributed by atoms with Crippen molar-refractivity contribution < 1.29 is 8.42 Å². The van der Waals surface area contributed by atoms with Crippen LogP contribution in [0.2, 0.25) is 4.34 Å². The zero-order valence-corrected chi connectivity index (χ0v) is 9.42. The highest BCUT2D eigenvalue weighted by Gasteiger charge is 2.16. The molecule has 0 aliphatic heterocycles. The standard InChI is InChI=1S/C7H10ClNO2S2/c1-13(10,11)4-6(9)5-2-3-12-7(5)8/h2-3,6H,4,9H2,1H3. The van der Waals surface area contributed by atoms with Crippen molar-refractivity contribution in [3.05, 3.63) is 21.3 Å². The molecule has 3 nitrogen and oxygen atoms in total. The molecule has 0 saturated carbocycles. The molecule has 0 aromatic carbocycles. The molecule has 0 radical (unpaired) electrons. The van der Waals surface area contributed by atoms with Crippen LogP contribution in [0.1, 0.15) is 11.6 Å². The zero-order valence-electron chi connectivity index (χ0n) is 7.03. The van der Waals surface area contributed by atoms with E-state index in [4.69, 9.17) is 17.3 Å². The Morgan fingerprint density at radius 3 is 2.69 bits per heavy atom. The normalized spacial score (nSPS) is 14.4. The van der Waals surface area contributed by atoms with Gasteiger partial charge in [0.2, 0.25) is 0 Å². The van der Waals surface area contributed by atoms with E-state index in [1.807, 2.05) is 0 Å². The minimum Gasteiger partial charge on any atom is -0.323 e. The summed E-state index contributed by atoms with van der Waals surface area (Å²) in [7, 11) is -3.05. The Kier molecular flexibility index (Phi) is 3.34. The van der Waals surface area contributed by atoms with Crippen LogP contribution in [-0.2, 0) is 9.84 Å². The second-order valence-corrected chi connectivity index (χ2v) is 6.55. The maximum Gasteiger partial charge on any atom is 0.149 e. The molecule has 0 aliphatic carbocycles. The lowest BCUT2D eigenvalue weighted by atomic mass is 10.2. The number of hydrogen-bond acceptors (Lipinski definition) is 4. The van der Waals surface area contributed by atoms with E-state index in [0.717, 1.165) is 6.26 Å². The van der Waals surface area contributed by atoms with E-state index in [-0.39, 0.29) is 5.75 Å². The van der Waals surface area contributed by atoms with Gasteiger partial charge in [-0.05, 0) is 17.0 Å². The first-order valence-electron chi connectivity index (χ1n) is 3.56. The zero-order chi connectivity index (χ0) is 10.1. The number of hydrogen-bond donors (Lipinski definition) is 1. The molecule has 0 aliphatic rings. The summed E-state index contributed by atoms with van der Waals surface area (Å²) in [4.78, 5) is 0. The number of nitrogens with two attached hydrogens (primary N) is 1. The van der Waals surface area contributed by atoms with Crippen molar-refractivity contribution in [2.24, 2.45) is 5.73 Å². The van der Waals surface area contributed by atoms with Gasteiger partial charge in [-0.2, -0.15) is 0 Å². The van der Waals surface area contributed by atoms with Gasteiger partial charge in [-0.25, -0.2) is 8.42 Å². The highest BCUT2D eigenvalue weighted by atomic mass is 35.5. The molecule has 1 rings (SSSR count). The molecule has 1 atom stereocenters. The maximum atomic E-state index is 10.9. The molecule has 1 unspecified atom stereocenters. The van der Waals surface area contributed by atoms with Gasteiger partial charge in [0.25, 0.3) is 0 Å². The summed E-state index contributed by atoms with van der Waals surface area (Å²) in [5.74, 6) is -0.0660. The molecule has 0 fully saturated rings. The third kappa shape index (κ3) is 3.27. The topological polar surface area (TPSA) is 60.2 Å². The molecule has 0 saturated heterocycles. The van der Waals surface area contributed by atoms with E-state index in [1.165, 1.54) is 11.3 Å². The van der Waals surface area contributed by atoms with Crippen LogP contribution in [0.5, 0.6) is 0 Å². The van der Waals surface area contributed by atoms with E-state index in [1.54, 1.807) is 11.4 Å². The van der Waals surface area contributed by atoms with Crippen LogP contribution in [0.15, 0.2) is 11.4 Å². The van der Waals surface area contributed by atoms with E-state index < -0.39 is 15.9 Å². The molecule has 74 valence electrons. The van der Waals surface area contributed by atoms with Gasteiger partial charge >= 0.3 is 0 Å². The van der Waals surface area contributed by atoms with Crippen molar-refractivity contribution in [2.45, 2.75) is 6.04 Å². The van der Waals surface area contributed by atoms with Crippen LogP contribution in [0.4, 0.5) is 0 Å². The van der Waals surface area contributed by atoms with E-state index in [2.05, 4.69) is 0 Å². The van der Waals surface area contributed by atoms with Gasteiger partial charge in [0.15, 0.2) is 0 Å². The fraction of sp³-hybridized carbons (Fsp3) is 0.429. The molecule has 0 bridgehead atoms. The van der Waals surface area contributed by atoms with E-state index in [9.17, 15) is 8.42 Å². The molecular formula is C7H10ClNO2S2. The summed E-state index contributed by atoms with van der Waals surface area (Å²) in [5, 5.41) is 1.79. The lowest BCUT2D eigenvalue weighted by Crippen LogP contribution is -2.20. The summed E-state index contributed by atoms with van der Waals surface area (Å²) in [5.41, 5.74) is 6.38. The Morgan fingerprint density at radius 1 is 1.69 bits per heavy atom. The maximum absolute atomic E-state index is 10.9. The van der Waals surface area contributed by atoms with Crippen LogP contribution in [0.3, 0.4) is 0 Å². The van der Waals surface area contributed by atoms with Gasteiger partial charge in [-0.1, -0.05) is 11.6 Å². The number of halogens is 1. The quantitative estimate of drug-likeness (QED) is 0.869. The van der Waals surface area contributed by atoms with Gasteiger partial charge in [0.05, 0.1) is 10.1 Å². The summed E-state index contributed by atoms with van der Waals surface area (Å²) in [6.45, 7) is 0. The lowest BCUT2D eigenvalue weighted by Gasteiger charge is -2.08. The number of thiophene rings is 1. The fourth-order valence-electron chi connectivity index (χ4n) is 0.986. The van der Waals surface area contributed by atoms with Crippen molar-refractivity contribution in [3.8, 4) is 0 Å². The van der Waals surface area contributed by atoms with E-state index >= 15 is 0 Å². The first kappa shape index (κ1) is 11.0. The summed E-state index contributed by atoms with van der Waals surface area (Å²) >= 11 is 7.16.